The SMILES string of the molecule is CC1(C)Cc2cccc(OCC(=O)Nc3nc4ccc([N+](=O)[O-])cc4s3)c2O1. The van der Waals surface area contributed by atoms with Crippen molar-refractivity contribution >= 4 is 38.3 Å². The second kappa shape index (κ2) is 6.75. The molecule has 1 aliphatic rings. The van der Waals surface area contributed by atoms with Crippen molar-refractivity contribution in [1.82, 2.24) is 4.98 Å². The predicted molar refractivity (Wildman–Crippen MR) is 105 cm³/mol. The number of hydrogen-bond acceptors (Lipinski definition) is 7. The highest BCUT2D eigenvalue weighted by atomic mass is 32.1. The Labute approximate surface area is 164 Å². The molecule has 28 heavy (non-hydrogen) atoms. The van der Waals surface area contributed by atoms with E-state index in [4.69, 9.17) is 9.47 Å². The molecule has 0 spiro atoms. The lowest BCUT2D eigenvalue weighted by Gasteiger charge is -2.18. The van der Waals surface area contributed by atoms with E-state index >= 15 is 0 Å². The van der Waals surface area contributed by atoms with Gasteiger partial charge < -0.3 is 9.47 Å². The number of anilines is 1. The minimum atomic E-state index is -0.465. The van der Waals surface area contributed by atoms with Crippen molar-refractivity contribution in [3.63, 3.8) is 0 Å². The molecular weight excluding hydrogens is 382 g/mol. The molecule has 8 nitrogen and oxygen atoms in total. The Bertz CT molecular complexity index is 1090. The number of hydrogen-bond donors (Lipinski definition) is 1. The number of aromatic nitrogens is 1. The normalized spacial score (nSPS) is 14.4. The van der Waals surface area contributed by atoms with Crippen LogP contribution in [0.25, 0.3) is 10.2 Å². The van der Waals surface area contributed by atoms with E-state index in [1.807, 2.05) is 26.0 Å². The summed E-state index contributed by atoms with van der Waals surface area (Å²) in [7, 11) is 0. The van der Waals surface area contributed by atoms with Crippen LogP contribution in [-0.2, 0) is 11.2 Å². The van der Waals surface area contributed by atoms with Crippen LogP contribution < -0.4 is 14.8 Å². The summed E-state index contributed by atoms with van der Waals surface area (Å²) in [6.45, 7) is 3.80. The molecule has 2 aromatic carbocycles. The average Bonchev–Trinajstić information content (AvgIpc) is 3.17. The van der Waals surface area contributed by atoms with Crippen LogP contribution in [0.1, 0.15) is 19.4 Å². The molecule has 2 heterocycles. The predicted octanol–water partition coefficient (Wildman–Crippen LogP) is 3.94. The smallest absolute Gasteiger partial charge is 0.270 e. The lowest BCUT2D eigenvalue weighted by atomic mass is 10.0. The van der Waals surface area contributed by atoms with E-state index in [0.29, 0.717) is 26.8 Å². The van der Waals surface area contributed by atoms with E-state index in [-0.39, 0.29) is 23.8 Å². The first-order valence-corrected chi connectivity index (χ1v) is 9.41. The van der Waals surface area contributed by atoms with Gasteiger partial charge in [0, 0.05) is 24.1 Å². The molecule has 0 atom stereocenters. The zero-order chi connectivity index (χ0) is 19.9. The van der Waals surface area contributed by atoms with Gasteiger partial charge in [-0.05, 0) is 26.0 Å². The maximum atomic E-state index is 12.2. The number of non-ortho nitro benzene ring substituents is 1. The topological polar surface area (TPSA) is 104 Å². The molecule has 0 radical (unpaired) electrons. The Hall–Kier alpha value is -3.20. The molecule has 1 aliphatic heterocycles. The third kappa shape index (κ3) is 3.61. The Morgan fingerprint density at radius 1 is 1.39 bits per heavy atom. The number of nitro groups is 1. The number of nitrogens with one attached hydrogen (secondary N) is 1. The van der Waals surface area contributed by atoms with Crippen LogP contribution >= 0.6 is 11.3 Å². The van der Waals surface area contributed by atoms with Gasteiger partial charge in [-0.1, -0.05) is 23.5 Å². The number of rotatable bonds is 5. The first kappa shape index (κ1) is 18.2. The molecule has 0 unspecified atom stereocenters. The first-order valence-electron chi connectivity index (χ1n) is 8.59. The molecule has 0 saturated heterocycles. The zero-order valence-electron chi connectivity index (χ0n) is 15.2. The molecule has 0 aliphatic carbocycles. The first-order chi connectivity index (χ1) is 13.3. The largest absolute Gasteiger partial charge is 0.483 e. The second-order valence-electron chi connectivity index (χ2n) is 7.05. The lowest BCUT2D eigenvalue weighted by Crippen LogP contribution is -2.25. The highest BCUT2D eigenvalue weighted by molar-refractivity contribution is 7.22. The van der Waals surface area contributed by atoms with E-state index < -0.39 is 4.92 Å². The van der Waals surface area contributed by atoms with Crippen molar-refractivity contribution in [2.24, 2.45) is 0 Å². The Morgan fingerprint density at radius 3 is 3.00 bits per heavy atom. The molecule has 0 fully saturated rings. The molecule has 1 amide bonds. The quantitative estimate of drug-likeness (QED) is 0.515. The Kier molecular flexibility index (Phi) is 4.38. The molecule has 0 saturated carbocycles. The van der Waals surface area contributed by atoms with Crippen LogP contribution in [0, 0.1) is 10.1 Å². The van der Waals surface area contributed by atoms with Gasteiger partial charge in [0.15, 0.2) is 23.2 Å². The number of carbonyl (C=O) groups is 1. The molecule has 3 aromatic rings. The summed E-state index contributed by atoms with van der Waals surface area (Å²) in [4.78, 5) is 26.9. The highest BCUT2D eigenvalue weighted by Gasteiger charge is 2.32. The lowest BCUT2D eigenvalue weighted by molar-refractivity contribution is -0.384. The minimum absolute atomic E-state index is 0.0155. The van der Waals surface area contributed by atoms with Crippen LogP contribution in [0.4, 0.5) is 10.8 Å². The van der Waals surface area contributed by atoms with E-state index in [1.165, 1.54) is 23.5 Å². The van der Waals surface area contributed by atoms with Crippen molar-refractivity contribution < 1.29 is 19.2 Å². The number of amides is 1. The summed E-state index contributed by atoms with van der Waals surface area (Å²) >= 11 is 1.17. The summed E-state index contributed by atoms with van der Waals surface area (Å²) in [6.07, 6.45) is 0.781. The molecule has 144 valence electrons. The molecular formula is C19H17N3O5S. The number of fused-ring (bicyclic) bond motifs is 2. The van der Waals surface area contributed by atoms with Crippen LogP contribution in [0.3, 0.4) is 0 Å². The van der Waals surface area contributed by atoms with Gasteiger partial charge in [0.05, 0.1) is 15.1 Å². The van der Waals surface area contributed by atoms with Crippen LogP contribution in [-0.4, -0.2) is 28.0 Å². The van der Waals surface area contributed by atoms with Gasteiger partial charge in [0.1, 0.15) is 5.60 Å². The van der Waals surface area contributed by atoms with E-state index in [9.17, 15) is 14.9 Å². The summed E-state index contributed by atoms with van der Waals surface area (Å²) in [6, 6.07) is 10.0. The van der Waals surface area contributed by atoms with Crippen molar-refractivity contribution in [2.75, 3.05) is 11.9 Å². The van der Waals surface area contributed by atoms with E-state index in [1.54, 1.807) is 12.1 Å². The van der Waals surface area contributed by atoms with Crippen molar-refractivity contribution in [2.45, 2.75) is 25.9 Å². The fourth-order valence-corrected chi connectivity index (χ4v) is 4.00. The zero-order valence-corrected chi connectivity index (χ0v) is 16.0. The summed E-state index contributed by atoms with van der Waals surface area (Å²) in [5, 5.41) is 13.9. The highest BCUT2D eigenvalue weighted by Crippen LogP contribution is 2.41. The van der Waals surface area contributed by atoms with Crippen LogP contribution in [0.5, 0.6) is 11.5 Å². The Morgan fingerprint density at radius 2 is 2.21 bits per heavy atom. The fourth-order valence-electron chi connectivity index (χ4n) is 3.08. The third-order valence-electron chi connectivity index (χ3n) is 4.24. The maximum Gasteiger partial charge on any atom is 0.270 e. The third-order valence-corrected chi connectivity index (χ3v) is 5.18. The maximum absolute atomic E-state index is 12.2. The van der Waals surface area contributed by atoms with E-state index in [2.05, 4.69) is 10.3 Å². The van der Waals surface area contributed by atoms with Crippen molar-refractivity contribution in [3.05, 3.63) is 52.1 Å². The second-order valence-corrected chi connectivity index (χ2v) is 8.08. The molecule has 4 rings (SSSR count). The molecule has 9 heteroatoms. The van der Waals surface area contributed by atoms with Crippen LogP contribution in [0.15, 0.2) is 36.4 Å². The summed E-state index contributed by atoms with van der Waals surface area (Å²) < 4.78 is 12.2. The number of benzene rings is 2. The van der Waals surface area contributed by atoms with Gasteiger partial charge >= 0.3 is 0 Å². The number of nitrogens with zero attached hydrogens (tertiary/aromatic N) is 2. The monoisotopic (exact) mass is 399 g/mol. The van der Waals surface area contributed by atoms with Crippen molar-refractivity contribution in [1.29, 1.82) is 0 Å². The summed E-state index contributed by atoms with van der Waals surface area (Å²) in [5.74, 6) is 0.828. The van der Waals surface area contributed by atoms with E-state index in [0.717, 1.165) is 12.0 Å². The van der Waals surface area contributed by atoms with Crippen molar-refractivity contribution in [3.8, 4) is 11.5 Å². The molecule has 1 N–H and O–H groups in total. The van der Waals surface area contributed by atoms with Gasteiger partial charge in [-0.25, -0.2) is 4.98 Å². The van der Waals surface area contributed by atoms with Gasteiger partial charge in [0.25, 0.3) is 11.6 Å². The number of carbonyl (C=O) groups excluding carboxylic acids is 1. The number of thiazole rings is 1. The van der Waals surface area contributed by atoms with Gasteiger partial charge in [-0.15, -0.1) is 0 Å². The van der Waals surface area contributed by atoms with Gasteiger partial charge in [-0.2, -0.15) is 0 Å². The minimum Gasteiger partial charge on any atom is -0.483 e. The standard InChI is InChI=1S/C19H17N3O5S/c1-19(2)9-11-4-3-5-14(17(11)27-19)26-10-16(23)21-18-20-13-7-6-12(22(24)25)8-15(13)28-18/h3-8H,9-10H2,1-2H3,(H,20,21,23). The van der Waals surface area contributed by atoms with Gasteiger partial charge in [-0.3, -0.25) is 20.2 Å². The molecule has 1 aromatic heterocycles. The number of ether oxygens (including phenoxy) is 2. The Balaban J connectivity index is 1.43. The molecule has 0 bridgehead atoms. The fraction of sp³-hybridized carbons (Fsp3) is 0.263. The summed E-state index contributed by atoms with van der Waals surface area (Å²) in [5.41, 5.74) is 1.32. The average molecular weight is 399 g/mol. The number of nitro benzene ring substituents is 1. The number of para-hydroxylation sites is 1. The van der Waals surface area contributed by atoms with Gasteiger partial charge in [0.2, 0.25) is 0 Å². The van der Waals surface area contributed by atoms with Crippen LogP contribution in [0.2, 0.25) is 0 Å².